The highest BCUT2D eigenvalue weighted by Crippen LogP contribution is 2.25. The molecule has 0 atom stereocenters. The third kappa shape index (κ3) is 4.71. The van der Waals surface area contributed by atoms with E-state index in [0.717, 1.165) is 0 Å². The summed E-state index contributed by atoms with van der Waals surface area (Å²) >= 11 is 0. The molecule has 1 aliphatic rings. The van der Waals surface area contributed by atoms with Crippen LogP contribution >= 0.6 is 0 Å². The van der Waals surface area contributed by atoms with E-state index < -0.39 is 24.4 Å². The van der Waals surface area contributed by atoms with Crippen molar-refractivity contribution in [3.8, 4) is 0 Å². The Balaban J connectivity index is 1.58. The number of hydrogen-bond acceptors (Lipinski definition) is 6. The molecule has 152 valence electrons. The fourth-order valence-electron chi connectivity index (χ4n) is 2.87. The van der Waals surface area contributed by atoms with E-state index in [2.05, 4.69) is 5.32 Å². The zero-order valence-corrected chi connectivity index (χ0v) is 16.3. The van der Waals surface area contributed by atoms with Gasteiger partial charge in [-0.3, -0.25) is 19.3 Å². The Morgan fingerprint density at radius 3 is 2.59 bits per heavy atom. The van der Waals surface area contributed by atoms with Gasteiger partial charge in [-0.25, -0.2) is 4.79 Å². The molecular weight excluding hydrogens is 376 g/mol. The van der Waals surface area contributed by atoms with Gasteiger partial charge in [-0.15, -0.1) is 0 Å². The highest BCUT2D eigenvalue weighted by Gasteiger charge is 2.35. The van der Waals surface area contributed by atoms with Crippen molar-refractivity contribution in [1.82, 2.24) is 10.2 Å². The van der Waals surface area contributed by atoms with Gasteiger partial charge in [-0.1, -0.05) is 13.8 Å². The normalized spacial score (nSPS) is 13.0. The number of furan rings is 1. The first kappa shape index (κ1) is 20.3. The van der Waals surface area contributed by atoms with E-state index in [9.17, 15) is 19.2 Å². The smallest absolute Gasteiger partial charge is 0.338 e. The van der Waals surface area contributed by atoms with E-state index in [1.54, 1.807) is 12.1 Å². The molecule has 1 aromatic carbocycles. The number of esters is 1. The molecule has 0 spiro atoms. The molecule has 0 fully saturated rings. The van der Waals surface area contributed by atoms with Crippen molar-refractivity contribution in [2.75, 3.05) is 13.2 Å². The van der Waals surface area contributed by atoms with E-state index in [4.69, 9.17) is 9.15 Å². The Bertz CT molecular complexity index is 933. The van der Waals surface area contributed by atoms with Crippen LogP contribution in [0.5, 0.6) is 0 Å². The molecule has 1 N–H and O–H groups in total. The van der Waals surface area contributed by atoms with Crippen molar-refractivity contribution < 1.29 is 28.3 Å². The molecule has 2 heterocycles. The van der Waals surface area contributed by atoms with Crippen LogP contribution in [0.3, 0.4) is 0 Å². The highest BCUT2D eigenvalue weighted by atomic mass is 16.5. The quantitative estimate of drug-likeness (QED) is 0.541. The maximum Gasteiger partial charge on any atom is 0.338 e. The Morgan fingerprint density at radius 1 is 1.14 bits per heavy atom. The molecule has 0 aliphatic carbocycles. The summed E-state index contributed by atoms with van der Waals surface area (Å²) in [6, 6.07) is 7.61. The third-order valence-electron chi connectivity index (χ3n) is 4.51. The summed E-state index contributed by atoms with van der Waals surface area (Å²) in [6.45, 7) is 4.07. The number of benzene rings is 1. The van der Waals surface area contributed by atoms with Gasteiger partial charge in [0, 0.05) is 6.54 Å². The number of rotatable bonds is 8. The molecule has 0 saturated carbocycles. The monoisotopic (exact) mass is 398 g/mol. The lowest BCUT2D eigenvalue weighted by Crippen LogP contribution is -2.31. The van der Waals surface area contributed by atoms with E-state index in [-0.39, 0.29) is 29.1 Å². The van der Waals surface area contributed by atoms with E-state index in [1.807, 2.05) is 13.8 Å². The minimum Gasteiger partial charge on any atom is -0.467 e. The summed E-state index contributed by atoms with van der Waals surface area (Å²) in [5.74, 6) is -1.08. The fourth-order valence-corrected chi connectivity index (χ4v) is 2.87. The summed E-state index contributed by atoms with van der Waals surface area (Å²) < 4.78 is 10.1. The van der Waals surface area contributed by atoms with Crippen molar-refractivity contribution in [2.45, 2.75) is 26.8 Å². The van der Waals surface area contributed by atoms with Crippen molar-refractivity contribution in [3.63, 3.8) is 0 Å². The Morgan fingerprint density at radius 2 is 1.90 bits per heavy atom. The number of carbonyl (C=O) groups excluding carboxylic acids is 4. The first-order chi connectivity index (χ1) is 13.9. The summed E-state index contributed by atoms with van der Waals surface area (Å²) in [4.78, 5) is 50.2. The predicted molar refractivity (Wildman–Crippen MR) is 102 cm³/mol. The Labute approximate surface area is 167 Å². The minimum atomic E-state index is -0.748. The van der Waals surface area contributed by atoms with Crippen LogP contribution in [0.1, 0.15) is 57.1 Å². The van der Waals surface area contributed by atoms with Gasteiger partial charge in [-0.2, -0.15) is 0 Å². The summed E-state index contributed by atoms with van der Waals surface area (Å²) in [5.41, 5.74) is 0.552. The van der Waals surface area contributed by atoms with Crippen molar-refractivity contribution in [3.05, 3.63) is 59.0 Å². The second-order valence-corrected chi connectivity index (χ2v) is 7.14. The van der Waals surface area contributed by atoms with Gasteiger partial charge in [0.15, 0.2) is 6.61 Å². The number of amides is 3. The van der Waals surface area contributed by atoms with Crippen LogP contribution < -0.4 is 5.32 Å². The number of hydrogen-bond donors (Lipinski definition) is 1. The zero-order chi connectivity index (χ0) is 21.0. The zero-order valence-electron chi connectivity index (χ0n) is 16.3. The summed E-state index contributed by atoms with van der Waals surface area (Å²) in [6.07, 6.45) is 2.19. The minimum absolute atomic E-state index is 0.106. The second kappa shape index (κ2) is 8.72. The average Bonchev–Trinajstić information content (AvgIpc) is 3.30. The fraction of sp³-hybridized carbons (Fsp3) is 0.333. The molecule has 1 aromatic heterocycles. The van der Waals surface area contributed by atoms with Gasteiger partial charge in [-0.05, 0) is 42.7 Å². The van der Waals surface area contributed by atoms with Crippen LogP contribution in [0.25, 0.3) is 0 Å². The Kier molecular flexibility index (Phi) is 6.11. The van der Waals surface area contributed by atoms with Gasteiger partial charge in [0.05, 0.1) is 29.5 Å². The molecule has 0 bridgehead atoms. The maximum absolute atomic E-state index is 12.5. The molecular formula is C21H22N2O6. The molecule has 1 aliphatic heterocycles. The molecule has 0 radical (unpaired) electrons. The molecule has 3 amide bonds. The van der Waals surface area contributed by atoms with Crippen LogP contribution in [0, 0.1) is 5.92 Å². The lowest BCUT2D eigenvalue weighted by molar-refractivity contribution is -0.124. The van der Waals surface area contributed by atoms with Crippen molar-refractivity contribution in [1.29, 1.82) is 0 Å². The molecule has 3 rings (SSSR count). The molecule has 29 heavy (non-hydrogen) atoms. The van der Waals surface area contributed by atoms with Gasteiger partial charge < -0.3 is 14.5 Å². The number of nitrogens with one attached hydrogen (secondary N) is 1. The Hall–Kier alpha value is -3.42. The molecule has 2 aromatic rings. The first-order valence-corrected chi connectivity index (χ1v) is 9.33. The van der Waals surface area contributed by atoms with Crippen LogP contribution in [0.15, 0.2) is 41.0 Å². The van der Waals surface area contributed by atoms with Crippen LogP contribution in [-0.2, 0) is 16.1 Å². The van der Waals surface area contributed by atoms with E-state index >= 15 is 0 Å². The molecule has 0 unspecified atom stereocenters. The average molecular weight is 398 g/mol. The predicted octanol–water partition coefficient (Wildman–Crippen LogP) is 2.39. The summed E-state index contributed by atoms with van der Waals surface area (Å²) in [5, 5.41) is 2.56. The van der Waals surface area contributed by atoms with E-state index in [1.165, 1.54) is 29.4 Å². The maximum atomic E-state index is 12.5. The highest BCUT2D eigenvalue weighted by molar-refractivity contribution is 6.21. The van der Waals surface area contributed by atoms with Crippen LogP contribution in [0.2, 0.25) is 0 Å². The van der Waals surface area contributed by atoms with Gasteiger partial charge in [0.2, 0.25) is 0 Å². The topological polar surface area (TPSA) is 106 Å². The molecule has 8 heteroatoms. The summed E-state index contributed by atoms with van der Waals surface area (Å²) in [7, 11) is 0. The molecule has 8 nitrogen and oxygen atoms in total. The number of nitrogens with zero attached hydrogens (tertiary/aromatic N) is 1. The number of ether oxygens (including phenoxy) is 1. The van der Waals surface area contributed by atoms with Gasteiger partial charge in [0.1, 0.15) is 5.76 Å². The SMILES string of the molecule is CC(C)CCN1C(=O)c2ccc(C(=O)OCC(=O)NCc3ccco3)cc2C1=O. The lowest BCUT2D eigenvalue weighted by Gasteiger charge is -2.14. The standard InChI is InChI=1S/C21H22N2O6/c1-13(2)7-8-23-19(25)16-6-5-14(10-17(16)20(23)26)21(27)29-12-18(24)22-11-15-4-3-9-28-15/h3-6,9-10,13H,7-8,11-12H2,1-2H3,(H,22,24). The van der Waals surface area contributed by atoms with Gasteiger partial charge >= 0.3 is 5.97 Å². The van der Waals surface area contributed by atoms with E-state index in [0.29, 0.717) is 24.6 Å². The number of imide groups is 1. The number of carbonyl (C=O) groups is 4. The lowest BCUT2D eigenvalue weighted by atomic mass is 10.1. The molecule has 0 saturated heterocycles. The first-order valence-electron chi connectivity index (χ1n) is 9.33. The third-order valence-corrected chi connectivity index (χ3v) is 4.51. The van der Waals surface area contributed by atoms with Crippen LogP contribution in [-0.4, -0.2) is 41.7 Å². The van der Waals surface area contributed by atoms with Gasteiger partial charge in [0.25, 0.3) is 17.7 Å². The second-order valence-electron chi connectivity index (χ2n) is 7.14. The largest absolute Gasteiger partial charge is 0.467 e. The van der Waals surface area contributed by atoms with Crippen molar-refractivity contribution >= 4 is 23.7 Å². The van der Waals surface area contributed by atoms with Crippen LogP contribution in [0.4, 0.5) is 0 Å². The van der Waals surface area contributed by atoms with Crippen molar-refractivity contribution in [2.24, 2.45) is 5.92 Å². The number of fused-ring (bicyclic) bond motifs is 1.